The van der Waals surface area contributed by atoms with Gasteiger partial charge in [-0.15, -0.1) is 0 Å². The average molecular weight is 372 g/mol. The molecule has 25 heavy (non-hydrogen) atoms. The van der Waals surface area contributed by atoms with Crippen LogP contribution in [-0.4, -0.2) is 33.7 Å². The van der Waals surface area contributed by atoms with Gasteiger partial charge in [-0.3, -0.25) is 4.79 Å². The Morgan fingerprint density at radius 1 is 1.24 bits per heavy atom. The molecule has 0 spiro atoms. The molecule has 1 aromatic carbocycles. The van der Waals surface area contributed by atoms with Gasteiger partial charge >= 0.3 is 6.18 Å². The number of carbonyl (C=O) groups excluding carboxylic acids is 1. The minimum atomic E-state index is -4.64. The van der Waals surface area contributed by atoms with E-state index in [0.717, 1.165) is 23.6 Å². The fourth-order valence-electron chi connectivity index (χ4n) is 2.85. The first-order chi connectivity index (χ1) is 11.8. The Labute approximate surface area is 148 Å². The van der Waals surface area contributed by atoms with Gasteiger partial charge in [0.1, 0.15) is 5.69 Å². The summed E-state index contributed by atoms with van der Waals surface area (Å²) in [5.41, 5.74) is -0.996. The second kappa shape index (κ2) is 6.71. The van der Waals surface area contributed by atoms with E-state index < -0.39 is 17.8 Å². The summed E-state index contributed by atoms with van der Waals surface area (Å²) in [5, 5.41) is 3.83. The predicted octanol–water partition coefficient (Wildman–Crippen LogP) is 4.42. The van der Waals surface area contributed by atoms with Crippen LogP contribution in [0.4, 0.5) is 13.2 Å². The first kappa shape index (κ1) is 17.8. The molecule has 1 aliphatic heterocycles. The van der Waals surface area contributed by atoms with Gasteiger partial charge in [-0.2, -0.15) is 18.3 Å². The number of para-hydroxylation sites is 1. The van der Waals surface area contributed by atoms with Gasteiger partial charge in [0.2, 0.25) is 0 Å². The van der Waals surface area contributed by atoms with Crippen LogP contribution in [0.2, 0.25) is 5.02 Å². The highest BCUT2D eigenvalue weighted by Crippen LogP contribution is 2.31. The summed E-state index contributed by atoms with van der Waals surface area (Å²) in [6.45, 7) is 3.14. The van der Waals surface area contributed by atoms with Crippen molar-refractivity contribution in [1.29, 1.82) is 0 Å². The molecule has 134 valence electrons. The molecule has 1 fully saturated rings. The van der Waals surface area contributed by atoms with Crippen molar-refractivity contribution in [3.63, 3.8) is 0 Å². The molecule has 1 saturated heterocycles. The Morgan fingerprint density at radius 2 is 1.88 bits per heavy atom. The summed E-state index contributed by atoms with van der Waals surface area (Å²) in [4.78, 5) is 14.4. The first-order valence-electron chi connectivity index (χ1n) is 7.99. The zero-order chi connectivity index (χ0) is 18.2. The molecule has 0 bridgehead atoms. The standard InChI is InChI=1S/C17H17ClF3N3O/c1-11-6-8-23(9-7-11)16(25)14-10-15(17(19,20)21)22-24(14)13-5-3-2-4-12(13)18/h2-5,10-11H,6-9H2,1H3. The minimum Gasteiger partial charge on any atom is -0.337 e. The third-order valence-corrected chi connectivity index (χ3v) is 4.69. The molecule has 2 heterocycles. The molecule has 0 atom stereocenters. The van der Waals surface area contributed by atoms with Crippen LogP contribution in [0.3, 0.4) is 0 Å². The number of nitrogens with zero attached hydrogens (tertiary/aromatic N) is 3. The van der Waals surface area contributed by atoms with Crippen LogP contribution in [0.5, 0.6) is 0 Å². The van der Waals surface area contributed by atoms with E-state index in [1.165, 1.54) is 6.07 Å². The van der Waals surface area contributed by atoms with E-state index in [0.29, 0.717) is 19.0 Å². The van der Waals surface area contributed by atoms with Gasteiger partial charge in [-0.05, 0) is 30.9 Å². The Bertz CT molecular complexity index is 780. The monoisotopic (exact) mass is 371 g/mol. The van der Waals surface area contributed by atoms with Gasteiger partial charge in [0.05, 0.1) is 10.7 Å². The number of aromatic nitrogens is 2. The van der Waals surface area contributed by atoms with Crippen molar-refractivity contribution in [2.24, 2.45) is 5.92 Å². The minimum absolute atomic E-state index is 0.130. The van der Waals surface area contributed by atoms with Gasteiger partial charge in [0, 0.05) is 19.2 Å². The number of likely N-dealkylation sites (tertiary alicyclic amines) is 1. The van der Waals surface area contributed by atoms with E-state index in [4.69, 9.17) is 11.6 Å². The number of rotatable bonds is 2. The lowest BCUT2D eigenvalue weighted by Crippen LogP contribution is -2.38. The van der Waals surface area contributed by atoms with Gasteiger partial charge in [0.25, 0.3) is 5.91 Å². The second-order valence-corrected chi connectivity index (χ2v) is 6.66. The molecule has 8 heteroatoms. The molecule has 1 amide bonds. The number of halogens is 4. The van der Waals surface area contributed by atoms with Crippen molar-refractivity contribution in [1.82, 2.24) is 14.7 Å². The van der Waals surface area contributed by atoms with Crippen molar-refractivity contribution in [2.75, 3.05) is 13.1 Å². The number of amides is 1. The smallest absolute Gasteiger partial charge is 0.337 e. The Kier molecular flexibility index (Phi) is 4.77. The number of piperidine rings is 1. The molecular weight excluding hydrogens is 355 g/mol. The molecule has 1 aromatic heterocycles. The summed E-state index contributed by atoms with van der Waals surface area (Å²) in [5.74, 6) is 0.0399. The fourth-order valence-corrected chi connectivity index (χ4v) is 3.07. The molecule has 1 aliphatic rings. The highest BCUT2D eigenvalue weighted by atomic mass is 35.5. The van der Waals surface area contributed by atoms with E-state index in [9.17, 15) is 18.0 Å². The molecule has 2 aromatic rings. The van der Waals surface area contributed by atoms with Gasteiger partial charge in [-0.1, -0.05) is 30.7 Å². The molecule has 0 aliphatic carbocycles. The number of hydrogen-bond donors (Lipinski definition) is 0. The molecule has 0 N–H and O–H groups in total. The van der Waals surface area contributed by atoms with Crippen LogP contribution < -0.4 is 0 Å². The van der Waals surface area contributed by atoms with Gasteiger partial charge in [0.15, 0.2) is 5.69 Å². The van der Waals surface area contributed by atoms with Crippen molar-refractivity contribution < 1.29 is 18.0 Å². The third kappa shape index (κ3) is 3.66. The topological polar surface area (TPSA) is 38.1 Å². The third-order valence-electron chi connectivity index (χ3n) is 4.37. The van der Waals surface area contributed by atoms with E-state index in [-0.39, 0.29) is 16.4 Å². The van der Waals surface area contributed by atoms with E-state index in [2.05, 4.69) is 12.0 Å². The van der Waals surface area contributed by atoms with Crippen molar-refractivity contribution >= 4 is 17.5 Å². The zero-order valence-electron chi connectivity index (χ0n) is 13.6. The lowest BCUT2D eigenvalue weighted by molar-refractivity contribution is -0.141. The summed E-state index contributed by atoms with van der Waals surface area (Å²) in [6, 6.07) is 7.16. The van der Waals surface area contributed by atoms with Crippen molar-refractivity contribution in [2.45, 2.75) is 25.9 Å². The predicted molar refractivity (Wildman–Crippen MR) is 87.9 cm³/mol. The van der Waals surface area contributed by atoms with Crippen LogP contribution in [0.25, 0.3) is 5.69 Å². The van der Waals surface area contributed by atoms with E-state index in [1.54, 1.807) is 23.1 Å². The molecule has 4 nitrogen and oxygen atoms in total. The summed E-state index contributed by atoms with van der Waals surface area (Å²) < 4.78 is 40.4. The van der Waals surface area contributed by atoms with E-state index in [1.807, 2.05) is 0 Å². The highest BCUT2D eigenvalue weighted by Gasteiger charge is 2.37. The van der Waals surface area contributed by atoms with E-state index >= 15 is 0 Å². The SMILES string of the molecule is CC1CCN(C(=O)c2cc(C(F)(F)F)nn2-c2ccccc2Cl)CC1. The number of carbonyl (C=O) groups is 1. The second-order valence-electron chi connectivity index (χ2n) is 6.25. The maximum atomic E-state index is 13.1. The largest absolute Gasteiger partial charge is 0.435 e. The molecule has 0 unspecified atom stereocenters. The molecular formula is C17H17ClF3N3O. The highest BCUT2D eigenvalue weighted by molar-refractivity contribution is 6.32. The van der Waals surface area contributed by atoms with Crippen LogP contribution in [0.1, 0.15) is 35.9 Å². The zero-order valence-corrected chi connectivity index (χ0v) is 14.3. The van der Waals surface area contributed by atoms with Crippen LogP contribution >= 0.6 is 11.6 Å². The molecule has 3 rings (SSSR count). The summed E-state index contributed by atoms with van der Waals surface area (Å²) >= 11 is 6.10. The van der Waals surface area contributed by atoms with Crippen molar-refractivity contribution in [3.05, 3.63) is 46.7 Å². The fraction of sp³-hybridized carbons (Fsp3) is 0.412. The van der Waals surface area contributed by atoms with Crippen LogP contribution in [-0.2, 0) is 6.18 Å². The normalized spacial score (nSPS) is 16.3. The Hall–Kier alpha value is -2.02. The Morgan fingerprint density at radius 3 is 2.48 bits per heavy atom. The lowest BCUT2D eigenvalue weighted by atomic mass is 9.99. The maximum absolute atomic E-state index is 13.1. The maximum Gasteiger partial charge on any atom is 0.435 e. The number of alkyl halides is 3. The average Bonchev–Trinajstić information content (AvgIpc) is 3.00. The van der Waals surface area contributed by atoms with Crippen LogP contribution in [0.15, 0.2) is 30.3 Å². The number of benzene rings is 1. The number of hydrogen-bond acceptors (Lipinski definition) is 2. The quantitative estimate of drug-likeness (QED) is 0.784. The lowest BCUT2D eigenvalue weighted by Gasteiger charge is -2.30. The van der Waals surface area contributed by atoms with Crippen LogP contribution in [0, 0.1) is 5.92 Å². The van der Waals surface area contributed by atoms with Crippen molar-refractivity contribution in [3.8, 4) is 5.69 Å². The Balaban J connectivity index is 2.04. The van der Waals surface area contributed by atoms with Gasteiger partial charge in [-0.25, -0.2) is 4.68 Å². The summed E-state index contributed by atoms with van der Waals surface area (Å²) in [6.07, 6.45) is -2.98. The molecule has 0 radical (unpaired) electrons. The van der Waals surface area contributed by atoms with Gasteiger partial charge < -0.3 is 4.90 Å². The first-order valence-corrected chi connectivity index (χ1v) is 8.36. The molecule has 0 saturated carbocycles. The summed E-state index contributed by atoms with van der Waals surface area (Å²) in [7, 11) is 0.